The number of rotatable bonds is 4. The third kappa shape index (κ3) is 2.46. The molecular weight excluding hydrogens is 228 g/mol. The molecule has 0 radical (unpaired) electrons. The van der Waals surface area contributed by atoms with Crippen molar-refractivity contribution in [2.45, 2.75) is 6.42 Å². The van der Waals surface area contributed by atoms with Crippen molar-refractivity contribution in [3.05, 3.63) is 70.8 Å². The number of carboxylic acids is 1. The Bertz CT molecular complexity index is 574. The number of aldehydes is 1. The fraction of sp³-hybridized carbons (Fsp3) is 0.0667. The minimum Gasteiger partial charge on any atom is -0.478 e. The molecule has 0 bridgehead atoms. The highest BCUT2D eigenvalue weighted by Gasteiger charge is 2.14. The van der Waals surface area contributed by atoms with Crippen LogP contribution < -0.4 is 0 Å². The Morgan fingerprint density at radius 1 is 1.06 bits per heavy atom. The van der Waals surface area contributed by atoms with E-state index in [1.54, 1.807) is 12.1 Å². The van der Waals surface area contributed by atoms with Gasteiger partial charge in [-0.25, -0.2) is 4.79 Å². The van der Waals surface area contributed by atoms with Crippen LogP contribution >= 0.6 is 0 Å². The van der Waals surface area contributed by atoms with Crippen molar-refractivity contribution in [3.63, 3.8) is 0 Å². The number of aromatic carboxylic acids is 1. The Morgan fingerprint density at radius 2 is 1.78 bits per heavy atom. The molecule has 0 aliphatic rings. The van der Waals surface area contributed by atoms with Crippen LogP contribution in [0.4, 0.5) is 0 Å². The van der Waals surface area contributed by atoms with E-state index in [1.807, 2.05) is 30.3 Å². The Balaban J connectivity index is 2.45. The van der Waals surface area contributed by atoms with Crippen LogP contribution in [0.3, 0.4) is 0 Å². The van der Waals surface area contributed by atoms with Gasteiger partial charge in [0, 0.05) is 5.56 Å². The quantitative estimate of drug-likeness (QED) is 0.836. The van der Waals surface area contributed by atoms with Crippen LogP contribution in [0.2, 0.25) is 0 Å². The molecule has 0 saturated carbocycles. The number of carbonyl (C=O) groups is 2. The molecule has 90 valence electrons. The predicted molar refractivity (Wildman–Crippen MR) is 68.0 cm³/mol. The van der Waals surface area contributed by atoms with Crippen molar-refractivity contribution in [2.24, 2.45) is 0 Å². The highest BCUT2D eigenvalue weighted by atomic mass is 16.4. The zero-order valence-electron chi connectivity index (χ0n) is 9.67. The summed E-state index contributed by atoms with van der Waals surface area (Å²) in [7, 11) is 0. The molecule has 18 heavy (non-hydrogen) atoms. The van der Waals surface area contributed by atoms with Gasteiger partial charge in [-0.15, -0.1) is 0 Å². The van der Waals surface area contributed by atoms with Crippen molar-refractivity contribution in [1.29, 1.82) is 0 Å². The Morgan fingerprint density at radius 3 is 2.39 bits per heavy atom. The minimum atomic E-state index is -1.07. The third-order valence-corrected chi connectivity index (χ3v) is 2.76. The molecular formula is C15H12O3. The van der Waals surface area contributed by atoms with Gasteiger partial charge in [-0.1, -0.05) is 48.5 Å². The van der Waals surface area contributed by atoms with E-state index >= 15 is 0 Å². The zero-order valence-corrected chi connectivity index (χ0v) is 9.67. The maximum atomic E-state index is 11.2. The van der Waals surface area contributed by atoms with Crippen LogP contribution in [0.15, 0.2) is 48.5 Å². The smallest absolute Gasteiger partial charge is 0.336 e. The first kappa shape index (κ1) is 12.0. The summed E-state index contributed by atoms with van der Waals surface area (Å²) >= 11 is 0. The minimum absolute atomic E-state index is 0.0938. The predicted octanol–water partition coefficient (Wildman–Crippen LogP) is 2.79. The highest BCUT2D eigenvalue weighted by Crippen LogP contribution is 2.17. The lowest BCUT2D eigenvalue weighted by atomic mass is 9.96. The molecule has 0 fully saturated rings. The molecule has 0 atom stereocenters. The van der Waals surface area contributed by atoms with E-state index < -0.39 is 5.97 Å². The first-order valence-corrected chi connectivity index (χ1v) is 5.56. The molecule has 3 nitrogen and oxygen atoms in total. The lowest BCUT2D eigenvalue weighted by molar-refractivity contribution is 0.0693. The molecule has 0 amide bonds. The average Bonchev–Trinajstić information content (AvgIpc) is 2.39. The number of benzene rings is 2. The largest absolute Gasteiger partial charge is 0.478 e. The van der Waals surface area contributed by atoms with Gasteiger partial charge in [-0.3, -0.25) is 4.79 Å². The van der Waals surface area contributed by atoms with Gasteiger partial charge in [0.15, 0.2) is 6.29 Å². The molecule has 0 aliphatic carbocycles. The Kier molecular flexibility index (Phi) is 3.53. The molecule has 2 aromatic rings. The van der Waals surface area contributed by atoms with Gasteiger partial charge in [0.2, 0.25) is 0 Å². The van der Waals surface area contributed by atoms with E-state index in [2.05, 4.69) is 0 Å². The van der Waals surface area contributed by atoms with Crippen LogP contribution in [0.25, 0.3) is 0 Å². The lowest BCUT2D eigenvalue weighted by Gasteiger charge is -2.08. The van der Waals surface area contributed by atoms with Gasteiger partial charge < -0.3 is 5.11 Å². The standard InChI is InChI=1S/C15H12O3/c16-10-13-8-4-7-12(14(13)15(17)18)9-11-5-2-1-3-6-11/h1-8,10H,9H2,(H,17,18). The number of carboxylic acid groups (broad SMARTS) is 1. The van der Waals surface area contributed by atoms with E-state index in [4.69, 9.17) is 0 Å². The third-order valence-electron chi connectivity index (χ3n) is 2.76. The van der Waals surface area contributed by atoms with Gasteiger partial charge in [0.05, 0.1) is 5.56 Å². The van der Waals surface area contributed by atoms with E-state index in [1.165, 1.54) is 6.07 Å². The molecule has 0 heterocycles. The second-order valence-corrected chi connectivity index (χ2v) is 3.97. The van der Waals surface area contributed by atoms with Gasteiger partial charge in [-0.2, -0.15) is 0 Å². The molecule has 0 spiro atoms. The first-order valence-electron chi connectivity index (χ1n) is 5.56. The van der Waals surface area contributed by atoms with E-state index in [0.29, 0.717) is 18.3 Å². The summed E-state index contributed by atoms with van der Waals surface area (Å²) in [4.78, 5) is 22.1. The maximum absolute atomic E-state index is 11.2. The zero-order chi connectivity index (χ0) is 13.0. The summed E-state index contributed by atoms with van der Waals surface area (Å²) < 4.78 is 0. The Hall–Kier alpha value is -2.42. The van der Waals surface area contributed by atoms with E-state index in [-0.39, 0.29) is 11.1 Å². The van der Waals surface area contributed by atoms with Crippen molar-refractivity contribution in [3.8, 4) is 0 Å². The molecule has 0 saturated heterocycles. The van der Waals surface area contributed by atoms with Crippen LogP contribution in [-0.4, -0.2) is 17.4 Å². The number of hydrogen-bond donors (Lipinski definition) is 1. The highest BCUT2D eigenvalue weighted by molar-refractivity contribution is 5.98. The molecule has 0 unspecified atom stereocenters. The lowest BCUT2D eigenvalue weighted by Crippen LogP contribution is -2.07. The number of carbonyl (C=O) groups excluding carboxylic acids is 1. The summed E-state index contributed by atoms with van der Waals surface area (Å²) in [5.74, 6) is -1.07. The van der Waals surface area contributed by atoms with Crippen molar-refractivity contribution < 1.29 is 14.7 Å². The van der Waals surface area contributed by atoms with Gasteiger partial charge in [0.1, 0.15) is 0 Å². The number of hydrogen-bond acceptors (Lipinski definition) is 2. The SMILES string of the molecule is O=Cc1cccc(Cc2ccccc2)c1C(=O)O. The second kappa shape index (κ2) is 5.27. The van der Waals surface area contributed by atoms with Gasteiger partial charge in [-0.05, 0) is 17.5 Å². The monoisotopic (exact) mass is 240 g/mol. The first-order chi connectivity index (χ1) is 8.72. The Labute approximate surface area is 105 Å². The molecule has 3 heteroatoms. The van der Waals surface area contributed by atoms with Crippen LogP contribution in [0.5, 0.6) is 0 Å². The van der Waals surface area contributed by atoms with Crippen LogP contribution in [0.1, 0.15) is 31.8 Å². The second-order valence-electron chi connectivity index (χ2n) is 3.97. The maximum Gasteiger partial charge on any atom is 0.336 e. The van der Waals surface area contributed by atoms with Gasteiger partial charge in [0.25, 0.3) is 0 Å². The van der Waals surface area contributed by atoms with Gasteiger partial charge >= 0.3 is 5.97 Å². The van der Waals surface area contributed by atoms with E-state index in [9.17, 15) is 14.7 Å². The van der Waals surface area contributed by atoms with Crippen LogP contribution in [0, 0.1) is 0 Å². The molecule has 1 N–H and O–H groups in total. The summed E-state index contributed by atoms with van der Waals surface area (Å²) in [6, 6.07) is 14.5. The van der Waals surface area contributed by atoms with Crippen molar-refractivity contribution >= 4 is 12.3 Å². The fourth-order valence-electron chi connectivity index (χ4n) is 1.94. The molecule has 0 aromatic heterocycles. The van der Waals surface area contributed by atoms with Crippen LogP contribution in [-0.2, 0) is 6.42 Å². The average molecular weight is 240 g/mol. The summed E-state index contributed by atoms with van der Waals surface area (Å²) in [5.41, 5.74) is 1.98. The normalized spacial score (nSPS) is 10.0. The van der Waals surface area contributed by atoms with Crippen molar-refractivity contribution in [1.82, 2.24) is 0 Å². The molecule has 2 aromatic carbocycles. The molecule has 0 aliphatic heterocycles. The summed E-state index contributed by atoms with van der Waals surface area (Å²) in [6.07, 6.45) is 1.09. The fourth-order valence-corrected chi connectivity index (χ4v) is 1.94. The van der Waals surface area contributed by atoms with E-state index in [0.717, 1.165) is 5.56 Å². The topological polar surface area (TPSA) is 54.4 Å². The summed E-state index contributed by atoms with van der Waals surface area (Å²) in [6.45, 7) is 0. The molecule has 2 rings (SSSR count). The summed E-state index contributed by atoms with van der Waals surface area (Å²) in [5, 5.41) is 9.20. The van der Waals surface area contributed by atoms with Crippen molar-refractivity contribution in [2.75, 3.05) is 0 Å².